The van der Waals surface area contributed by atoms with E-state index in [9.17, 15) is 19.5 Å². The number of nitrogens with zero attached hydrogens (tertiary/aromatic N) is 4. The highest BCUT2D eigenvalue weighted by Gasteiger charge is 2.45. The summed E-state index contributed by atoms with van der Waals surface area (Å²) in [6.07, 6.45) is 1.37. The lowest BCUT2D eigenvalue weighted by molar-refractivity contribution is -0.144. The molecule has 3 aromatic carbocycles. The van der Waals surface area contributed by atoms with E-state index < -0.39 is 64.7 Å². The van der Waals surface area contributed by atoms with Crippen LogP contribution >= 0.6 is 11.3 Å². The van der Waals surface area contributed by atoms with E-state index in [0.717, 1.165) is 55.9 Å². The number of alkyl halides is 1. The van der Waals surface area contributed by atoms with Crippen LogP contribution in [-0.2, 0) is 40.5 Å². The van der Waals surface area contributed by atoms with E-state index in [4.69, 9.17) is 4.74 Å². The Morgan fingerprint density at radius 2 is 1.69 bits per heavy atom. The highest BCUT2D eigenvalue weighted by molar-refractivity contribution is 7.13. The Kier molecular flexibility index (Phi) is 14.8. The Bertz CT molecular complexity index is 2820. The van der Waals surface area contributed by atoms with E-state index in [2.05, 4.69) is 30.9 Å². The predicted molar refractivity (Wildman–Crippen MR) is 263 cm³/mol. The minimum absolute atomic E-state index is 0.0256. The highest BCUT2D eigenvalue weighted by atomic mass is 32.1. The zero-order valence-corrected chi connectivity index (χ0v) is 41.4. The number of fused-ring (bicyclic) bond motifs is 3. The summed E-state index contributed by atoms with van der Waals surface area (Å²) in [5.74, 6) is -2.93. The average molecular weight is 979 g/mol. The molecule has 6 aromatic rings. The predicted octanol–water partition coefficient (Wildman–Crippen LogP) is 7.83. The van der Waals surface area contributed by atoms with Crippen LogP contribution in [0.2, 0.25) is 0 Å². The van der Waals surface area contributed by atoms with Crippen molar-refractivity contribution in [1.29, 1.82) is 0 Å². The van der Waals surface area contributed by atoms with E-state index in [1.807, 2.05) is 88.0 Å². The fraction of sp³-hybridized carbons (Fsp3) is 0.415. The molecule has 0 bridgehead atoms. The third kappa shape index (κ3) is 11.4. The molecule has 13 nitrogen and oxygen atoms in total. The summed E-state index contributed by atoms with van der Waals surface area (Å²) in [6.45, 7) is 12.5. The second kappa shape index (κ2) is 20.7. The standard InChI is InChI=1S/C53H61F3N8O5S/c1-30-18-39-38-10-8-9-11-42(38)61-46(39)47(64(30)28-53(6,7)56)45-40(54)20-37(21-41(45)55)69-27-35-17-14-33(24-58-35)22-57-25-44(66)62-49(52(3,4)5)51(68)63-26-36(65)19-43(63)50(67)59-23-32-12-15-34(16-13-32)48-31(2)60-29-70-48/h8-17,20-21,24,29-30,36,43,47,49,57,61,65H,18-19,22-23,25-28H2,1-7H3,(H,59,67)(H,62,66)/t30-,36-,43+,47-,49-/m1/s1. The topological polar surface area (TPSA) is 165 Å². The number of halogens is 3. The minimum Gasteiger partial charge on any atom is -0.487 e. The van der Waals surface area contributed by atoms with Gasteiger partial charge in [-0.2, -0.15) is 0 Å². The van der Waals surface area contributed by atoms with E-state index >= 15 is 13.2 Å². The molecule has 3 aromatic heterocycles. The molecule has 2 aliphatic rings. The van der Waals surface area contributed by atoms with Crippen molar-refractivity contribution in [3.05, 3.63) is 135 Å². The number of ether oxygens (including phenoxy) is 1. The highest BCUT2D eigenvalue weighted by Crippen LogP contribution is 2.44. The quantitative estimate of drug-likeness (QED) is 0.0651. The zero-order chi connectivity index (χ0) is 50.1. The van der Waals surface area contributed by atoms with Gasteiger partial charge in [0.2, 0.25) is 17.7 Å². The molecule has 8 rings (SSSR count). The van der Waals surface area contributed by atoms with Gasteiger partial charge in [0.05, 0.1) is 40.5 Å². The van der Waals surface area contributed by atoms with Crippen molar-refractivity contribution >= 4 is 40.0 Å². The Morgan fingerprint density at radius 1 is 0.971 bits per heavy atom. The molecule has 1 fully saturated rings. The summed E-state index contributed by atoms with van der Waals surface area (Å²) in [5.41, 5.74) is 5.82. The first kappa shape index (κ1) is 50.3. The van der Waals surface area contributed by atoms with Gasteiger partial charge < -0.3 is 35.7 Å². The first-order chi connectivity index (χ1) is 33.2. The van der Waals surface area contributed by atoms with Crippen LogP contribution in [0.15, 0.2) is 84.5 Å². The number of aliphatic hydroxyl groups excluding tert-OH is 1. The first-order valence-corrected chi connectivity index (χ1v) is 24.5. The van der Waals surface area contributed by atoms with Gasteiger partial charge in [-0.1, -0.05) is 69.3 Å². The lowest BCUT2D eigenvalue weighted by Gasteiger charge is -2.43. The molecule has 3 amide bonds. The fourth-order valence-corrected chi connectivity index (χ4v) is 10.3. The summed E-state index contributed by atoms with van der Waals surface area (Å²) < 4.78 is 53.4. The summed E-state index contributed by atoms with van der Waals surface area (Å²) in [5, 5.41) is 20.4. The number of pyridine rings is 1. The monoisotopic (exact) mass is 978 g/mol. The van der Waals surface area contributed by atoms with Crippen molar-refractivity contribution in [1.82, 2.24) is 40.7 Å². The van der Waals surface area contributed by atoms with Crippen molar-refractivity contribution in [3.63, 3.8) is 0 Å². The van der Waals surface area contributed by atoms with Crippen LogP contribution in [0.3, 0.4) is 0 Å². The number of aromatic nitrogens is 3. The maximum absolute atomic E-state index is 16.2. The molecule has 0 aliphatic carbocycles. The van der Waals surface area contributed by atoms with Crippen LogP contribution in [0.5, 0.6) is 5.75 Å². The molecule has 370 valence electrons. The number of aryl methyl sites for hydroxylation is 1. The number of benzene rings is 3. The van der Waals surface area contributed by atoms with E-state index in [1.165, 1.54) is 18.7 Å². The second-order valence-corrected chi connectivity index (χ2v) is 21.1. The van der Waals surface area contributed by atoms with Gasteiger partial charge in [-0.3, -0.25) is 24.3 Å². The van der Waals surface area contributed by atoms with Gasteiger partial charge in [-0.05, 0) is 73.9 Å². The van der Waals surface area contributed by atoms with Crippen LogP contribution in [0.4, 0.5) is 13.2 Å². The van der Waals surface area contributed by atoms with E-state index in [-0.39, 0.29) is 63.1 Å². The van der Waals surface area contributed by atoms with Crippen molar-refractivity contribution in [2.45, 2.75) is 117 Å². The average Bonchev–Trinajstić information content (AvgIpc) is 4.03. The number of carbonyl (C=O) groups is 3. The number of rotatable bonds is 16. The number of H-pyrrole nitrogens is 1. The number of carbonyl (C=O) groups excluding carboxylic acids is 3. The zero-order valence-electron chi connectivity index (χ0n) is 40.5. The molecule has 0 spiro atoms. The normalized spacial score (nSPS) is 19.0. The van der Waals surface area contributed by atoms with Crippen LogP contribution in [0, 0.1) is 24.0 Å². The molecule has 0 radical (unpaired) electrons. The lowest BCUT2D eigenvalue weighted by atomic mass is 9.85. The van der Waals surface area contributed by atoms with Crippen LogP contribution in [-0.4, -0.2) is 97.1 Å². The molecule has 5 heterocycles. The molecule has 17 heteroatoms. The molecule has 5 atom stereocenters. The van der Waals surface area contributed by atoms with Crippen molar-refractivity contribution in [2.75, 3.05) is 19.6 Å². The number of aromatic amines is 1. The summed E-state index contributed by atoms with van der Waals surface area (Å²) in [6, 6.07) is 18.3. The molecule has 5 N–H and O–H groups in total. The maximum Gasteiger partial charge on any atom is 0.246 e. The first-order valence-electron chi connectivity index (χ1n) is 23.6. The number of amides is 3. The third-order valence-electron chi connectivity index (χ3n) is 13.0. The number of nitrogens with one attached hydrogen (secondary N) is 4. The number of aliphatic hydroxyl groups is 1. The van der Waals surface area contributed by atoms with Gasteiger partial charge in [-0.25, -0.2) is 18.2 Å². The maximum atomic E-state index is 16.2. The molecule has 0 unspecified atom stereocenters. The summed E-state index contributed by atoms with van der Waals surface area (Å²) >= 11 is 1.56. The Hall–Kier alpha value is -6.14. The fourth-order valence-electron chi connectivity index (χ4n) is 9.52. The van der Waals surface area contributed by atoms with Crippen molar-refractivity contribution in [2.24, 2.45) is 5.41 Å². The van der Waals surface area contributed by atoms with Gasteiger partial charge in [0, 0.05) is 79.1 Å². The molecule has 2 aliphatic heterocycles. The summed E-state index contributed by atoms with van der Waals surface area (Å²) in [7, 11) is 0. The van der Waals surface area contributed by atoms with Crippen LogP contribution in [0.1, 0.15) is 93.3 Å². The Balaban J connectivity index is 0.840. The number of para-hydroxylation sites is 1. The summed E-state index contributed by atoms with van der Waals surface area (Å²) in [4.78, 5) is 57.3. The third-order valence-corrected chi connectivity index (χ3v) is 14.0. The van der Waals surface area contributed by atoms with E-state index in [1.54, 1.807) is 35.2 Å². The molecule has 70 heavy (non-hydrogen) atoms. The van der Waals surface area contributed by atoms with Crippen LogP contribution in [0.25, 0.3) is 21.3 Å². The molecule has 0 saturated carbocycles. The van der Waals surface area contributed by atoms with Gasteiger partial charge >= 0.3 is 0 Å². The van der Waals surface area contributed by atoms with Crippen LogP contribution < -0.4 is 20.7 Å². The molecule has 1 saturated heterocycles. The Labute approximate surface area is 410 Å². The largest absolute Gasteiger partial charge is 0.487 e. The number of hydrogen-bond acceptors (Lipinski definition) is 10. The van der Waals surface area contributed by atoms with Gasteiger partial charge in [0.15, 0.2) is 0 Å². The van der Waals surface area contributed by atoms with E-state index in [0.29, 0.717) is 17.8 Å². The van der Waals surface area contributed by atoms with Crippen molar-refractivity contribution < 1.29 is 37.4 Å². The lowest BCUT2D eigenvalue weighted by Crippen LogP contribution is -2.58. The SMILES string of the molecule is Cc1ncsc1-c1ccc(CNC(=O)[C@@H]2C[C@@H](O)CN2C(=O)[C@@H](NC(=O)CNCc2ccc(COc3cc(F)c([C@@H]4c5[nH]c6ccccc6c5C[C@@H](C)N4CC(C)(C)F)c(F)c3)nc2)C(C)(C)C)cc1. The van der Waals surface area contributed by atoms with Gasteiger partial charge in [0.1, 0.15) is 41.7 Å². The smallest absolute Gasteiger partial charge is 0.246 e. The number of likely N-dealkylation sites (tertiary alicyclic amines) is 1. The Morgan fingerprint density at radius 3 is 2.34 bits per heavy atom. The second-order valence-electron chi connectivity index (χ2n) is 20.2. The molecular weight excluding hydrogens is 918 g/mol. The van der Waals surface area contributed by atoms with Crippen molar-refractivity contribution in [3.8, 4) is 16.2 Å². The van der Waals surface area contributed by atoms with Gasteiger partial charge in [-0.15, -0.1) is 11.3 Å². The minimum atomic E-state index is -1.62. The number of β-amino-alcohol motifs (C(OH)–C–C–N with tert-alkyl or cyclic N) is 1. The number of hydrogen-bond donors (Lipinski definition) is 5. The number of thiazole rings is 1. The molecular formula is C53H61F3N8O5S. The van der Waals surface area contributed by atoms with Gasteiger partial charge in [0.25, 0.3) is 0 Å².